The fourth-order valence-electron chi connectivity index (χ4n) is 9.66. The lowest BCUT2D eigenvalue weighted by Gasteiger charge is -2.38. The summed E-state index contributed by atoms with van der Waals surface area (Å²) in [5.74, 6) is -0.408. The minimum atomic E-state index is -1.09. The first-order chi connectivity index (χ1) is 25.3. The number of ether oxygens (including phenoxy) is 6. The summed E-state index contributed by atoms with van der Waals surface area (Å²) in [6.07, 6.45) is -3.79. The molecule has 0 amide bonds. The number of ketones is 2. The molecule has 0 radical (unpaired) electrons. The third-order valence-electron chi connectivity index (χ3n) is 12.7. The molecule has 0 aromatic heterocycles. The van der Waals surface area contributed by atoms with Crippen LogP contribution in [0.1, 0.15) is 96.8 Å². The third kappa shape index (κ3) is 9.86. The van der Waals surface area contributed by atoms with Gasteiger partial charge in [0.2, 0.25) is 0 Å². The minimum absolute atomic E-state index is 0.01000. The van der Waals surface area contributed by atoms with Gasteiger partial charge in [-0.2, -0.15) is 0 Å². The number of Topliss-reactive ketones (excluding diaryl/α,β-unsaturated/α-hetero) is 2. The summed E-state index contributed by atoms with van der Waals surface area (Å²) in [5, 5.41) is 52.9. The lowest BCUT2D eigenvalue weighted by Crippen LogP contribution is -2.49. The molecule has 300 valence electrons. The molecule has 13 unspecified atom stereocenters. The van der Waals surface area contributed by atoms with E-state index in [1.54, 1.807) is 7.11 Å². The van der Waals surface area contributed by atoms with Crippen molar-refractivity contribution in [2.45, 2.75) is 188 Å². The van der Waals surface area contributed by atoms with Crippen molar-refractivity contribution in [3.05, 3.63) is 24.3 Å². The molecule has 6 fully saturated rings. The van der Waals surface area contributed by atoms with E-state index in [-0.39, 0.29) is 92.8 Å². The lowest BCUT2D eigenvalue weighted by atomic mass is 9.81. The van der Waals surface area contributed by atoms with Crippen molar-refractivity contribution in [2.75, 3.05) is 13.7 Å². The van der Waals surface area contributed by atoms with Crippen molar-refractivity contribution in [3.8, 4) is 0 Å². The third-order valence-corrected chi connectivity index (χ3v) is 12.7. The molecule has 5 N–H and O–H groups in total. The molecule has 6 saturated heterocycles. The SMILES string of the molecule is C=C1CC2CCC(=O)C[C@H]3OC4C(O)C[C@H](CCC(O)CC(=O)CC5C(CC6OC(CCC1O2)C[C@@H](C)C6=C)OC(CC(O)CO)[C@@H]5OC)OC4C3O. The van der Waals surface area contributed by atoms with E-state index in [4.69, 9.17) is 28.4 Å². The summed E-state index contributed by atoms with van der Waals surface area (Å²) in [6, 6.07) is 0. The molecule has 13 heteroatoms. The Morgan fingerprint density at radius 3 is 2.26 bits per heavy atom. The number of fused-ring (bicyclic) bond motifs is 7. The van der Waals surface area contributed by atoms with Gasteiger partial charge in [-0.05, 0) is 62.0 Å². The van der Waals surface area contributed by atoms with Crippen molar-refractivity contribution < 1.29 is 63.5 Å². The fourth-order valence-corrected chi connectivity index (χ4v) is 9.66. The molecule has 0 spiro atoms. The first-order valence-electron chi connectivity index (χ1n) is 19.9. The summed E-state index contributed by atoms with van der Waals surface area (Å²) in [7, 11) is 1.55. The molecule has 17 atom stereocenters. The van der Waals surface area contributed by atoms with Crippen LogP contribution in [0.15, 0.2) is 24.3 Å². The first-order valence-corrected chi connectivity index (χ1v) is 19.9. The van der Waals surface area contributed by atoms with Crippen molar-refractivity contribution in [1.82, 2.24) is 0 Å². The second kappa shape index (κ2) is 18.1. The van der Waals surface area contributed by atoms with Crippen molar-refractivity contribution in [2.24, 2.45) is 11.8 Å². The minimum Gasteiger partial charge on any atom is -0.394 e. The van der Waals surface area contributed by atoms with Gasteiger partial charge in [-0.15, -0.1) is 0 Å². The topological polar surface area (TPSA) is 191 Å². The molecule has 6 rings (SSSR count). The van der Waals surface area contributed by atoms with Gasteiger partial charge in [0.05, 0.1) is 79.9 Å². The van der Waals surface area contributed by atoms with E-state index in [2.05, 4.69) is 20.1 Å². The van der Waals surface area contributed by atoms with Crippen LogP contribution in [0.25, 0.3) is 0 Å². The quantitative estimate of drug-likeness (QED) is 0.264. The van der Waals surface area contributed by atoms with E-state index >= 15 is 0 Å². The average molecular weight is 751 g/mol. The Bertz CT molecular complexity index is 1290. The zero-order valence-corrected chi connectivity index (χ0v) is 31.3. The van der Waals surface area contributed by atoms with Crippen LogP contribution in [0.3, 0.4) is 0 Å². The molecule has 13 nitrogen and oxygen atoms in total. The molecule has 6 aliphatic rings. The summed E-state index contributed by atoms with van der Waals surface area (Å²) in [5.41, 5.74) is 1.97. The van der Waals surface area contributed by atoms with Crippen LogP contribution >= 0.6 is 0 Å². The van der Waals surface area contributed by atoms with Gasteiger partial charge in [-0.25, -0.2) is 0 Å². The van der Waals surface area contributed by atoms with Crippen molar-refractivity contribution in [1.29, 1.82) is 0 Å². The van der Waals surface area contributed by atoms with E-state index in [9.17, 15) is 35.1 Å². The number of methoxy groups -OCH3 is 1. The maximum Gasteiger partial charge on any atom is 0.135 e. The Hall–Kier alpha value is -1.62. The Morgan fingerprint density at radius 2 is 1.51 bits per heavy atom. The lowest BCUT2D eigenvalue weighted by molar-refractivity contribution is -0.165. The van der Waals surface area contributed by atoms with Crippen LogP contribution in [0, 0.1) is 11.8 Å². The summed E-state index contributed by atoms with van der Waals surface area (Å²) in [4.78, 5) is 26.6. The largest absolute Gasteiger partial charge is 0.394 e. The molecule has 6 aliphatic heterocycles. The van der Waals surface area contributed by atoms with E-state index in [1.165, 1.54) is 0 Å². The highest BCUT2D eigenvalue weighted by Crippen LogP contribution is 2.42. The van der Waals surface area contributed by atoms with Gasteiger partial charge in [-0.3, -0.25) is 9.59 Å². The van der Waals surface area contributed by atoms with Gasteiger partial charge in [0.15, 0.2) is 0 Å². The number of hydrogen-bond donors (Lipinski definition) is 5. The zero-order chi connectivity index (χ0) is 38.0. The summed E-state index contributed by atoms with van der Waals surface area (Å²) in [6.45, 7) is 10.4. The highest BCUT2D eigenvalue weighted by atomic mass is 16.6. The molecule has 0 aromatic carbocycles. The number of carbonyl (C=O) groups is 2. The molecule has 7 bridgehead atoms. The second-order valence-corrected chi connectivity index (χ2v) is 16.6. The highest BCUT2D eigenvalue weighted by molar-refractivity contribution is 5.79. The molecule has 0 saturated carbocycles. The maximum absolute atomic E-state index is 13.6. The maximum atomic E-state index is 13.6. The predicted molar refractivity (Wildman–Crippen MR) is 191 cm³/mol. The van der Waals surface area contributed by atoms with E-state index in [0.29, 0.717) is 25.7 Å². The molecule has 0 aliphatic carbocycles. The Kier molecular flexibility index (Phi) is 14.0. The predicted octanol–water partition coefficient (Wildman–Crippen LogP) is 2.25. The summed E-state index contributed by atoms with van der Waals surface area (Å²) < 4.78 is 37.6. The fraction of sp³-hybridized carbons (Fsp3) is 0.850. The normalized spacial score (nSPS) is 45.7. The van der Waals surface area contributed by atoms with Crippen LogP contribution in [0.2, 0.25) is 0 Å². The number of aliphatic hydroxyl groups is 5. The van der Waals surface area contributed by atoms with E-state index in [1.807, 2.05) is 0 Å². The van der Waals surface area contributed by atoms with Crippen molar-refractivity contribution in [3.63, 3.8) is 0 Å². The van der Waals surface area contributed by atoms with E-state index in [0.717, 1.165) is 30.4 Å². The number of rotatable bonds is 4. The zero-order valence-electron chi connectivity index (χ0n) is 31.3. The number of hydrogen-bond acceptors (Lipinski definition) is 13. The molecule has 0 aromatic rings. The molecule has 6 heterocycles. The first kappa shape index (κ1) is 41.0. The summed E-state index contributed by atoms with van der Waals surface area (Å²) >= 11 is 0. The number of aliphatic hydroxyl groups excluding tert-OH is 5. The number of carbonyl (C=O) groups excluding carboxylic acids is 2. The van der Waals surface area contributed by atoms with Gasteiger partial charge < -0.3 is 54.0 Å². The van der Waals surface area contributed by atoms with E-state index < -0.39 is 73.8 Å². The average Bonchev–Trinajstić information content (AvgIpc) is 3.75. The van der Waals surface area contributed by atoms with Crippen LogP contribution < -0.4 is 0 Å². The van der Waals surface area contributed by atoms with Gasteiger partial charge in [-0.1, -0.05) is 20.1 Å². The van der Waals surface area contributed by atoms with Gasteiger partial charge in [0, 0.05) is 58.0 Å². The van der Waals surface area contributed by atoms with Crippen LogP contribution in [0.5, 0.6) is 0 Å². The molecular formula is C40H62O13. The van der Waals surface area contributed by atoms with Crippen LogP contribution in [-0.2, 0) is 38.0 Å². The van der Waals surface area contributed by atoms with Crippen LogP contribution in [0.4, 0.5) is 0 Å². The standard InChI is InChI=1S/C40H62O13/c1-20-11-28-9-10-32-21(2)12-27(49-32)7-6-24(43)15-35-37(47)40-39(53-35)31(46)17-29(51-40)8-5-23(42)13-25(44)14-30-34(18-33(50-28)22(20)3)52-36(38(30)48-4)16-26(45)19-41/h20,23,26-42,45-47H,2-3,5-19H2,1,4H3/t20-,23?,26?,27?,28?,29+,30?,31?,32?,33?,34?,35-,36?,37?,38-,39?,40?/m1/s1. The van der Waals surface area contributed by atoms with Crippen molar-refractivity contribution >= 4 is 11.6 Å². The second-order valence-electron chi connectivity index (χ2n) is 16.6. The molecular weight excluding hydrogens is 688 g/mol. The Morgan fingerprint density at radius 1 is 0.774 bits per heavy atom. The smallest absolute Gasteiger partial charge is 0.135 e. The van der Waals surface area contributed by atoms with Gasteiger partial charge >= 0.3 is 0 Å². The highest BCUT2D eigenvalue weighted by Gasteiger charge is 2.52. The van der Waals surface area contributed by atoms with Gasteiger partial charge in [0.25, 0.3) is 0 Å². The molecule has 53 heavy (non-hydrogen) atoms. The monoisotopic (exact) mass is 750 g/mol. The Labute approximate surface area is 313 Å². The Balaban J connectivity index is 1.19. The van der Waals surface area contributed by atoms with Gasteiger partial charge in [0.1, 0.15) is 29.9 Å². The van der Waals surface area contributed by atoms with Crippen LogP contribution in [-0.4, -0.2) is 142 Å².